The smallest absolute Gasteiger partial charge is 0.416 e. The lowest BCUT2D eigenvalue weighted by atomic mass is 10.2. The highest BCUT2D eigenvalue weighted by Gasteiger charge is 2.39. The summed E-state index contributed by atoms with van der Waals surface area (Å²) >= 11 is 1.12. The second-order valence-corrected chi connectivity index (χ2v) is 9.75. The summed E-state index contributed by atoms with van der Waals surface area (Å²) in [6.45, 7) is 2.84. The number of rotatable bonds is 9. The van der Waals surface area contributed by atoms with Crippen LogP contribution >= 0.6 is 11.8 Å². The zero-order valence-electron chi connectivity index (χ0n) is 20.6. The summed E-state index contributed by atoms with van der Waals surface area (Å²) in [6, 6.07) is 20.7. The molecule has 0 unspecified atom stereocenters. The second kappa shape index (κ2) is 12.2. The average molecular weight is 542 g/mol. The summed E-state index contributed by atoms with van der Waals surface area (Å²) in [4.78, 5) is 32.0. The number of amidine groups is 1. The van der Waals surface area contributed by atoms with Crippen LogP contribution in [-0.2, 0) is 22.3 Å². The first-order chi connectivity index (χ1) is 18.2. The van der Waals surface area contributed by atoms with Crippen molar-refractivity contribution >= 4 is 40.1 Å². The Morgan fingerprint density at radius 1 is 1.03 bits per heavy atom. The Labute approximate surface area is 222 Å². The summed E-state index contributed by atoms with van der Waals surface area (Å²) in [6.07, 6.45) is -3.66. The number of benzene rings is 3. The van der Waals surface area contributed by atoms with Crippen LogP contribution in [-0.4, -0.2) is 33.7 Å². The first-order valence-corrected chi connectivity index (χ1v) is 12.9. The van der Waals surface area contributed by atoms with Gasteiger partial charge in [0.15, 0.2) is 5.17 Å². The molecule has 3 aromatic rings. The highest BCUT2D eigenvalue weighted by Crippen LogP contribution is 2.34. The molecular weight excluding hydrogens is 515 g/mol. The normalized spacial score (nSPS) is 16.6. The van der Waals surface area contributed by atoms with Gasteiger partial charge in [0.2, 0.25) is 11.8 Å². The van der Waals surface area contributed by atoms with E-state index in [1.807, 2.05) is 37.3 Å². The molecule has 6 nitrogen and oxygen atoms in total. The molecular formula is C28H26F3N3O3S. The van der Waals surface area contributed by atoms with Gasteiger partial charge in [-0.25, -0.2) is 4.99 Å². The molecule has 0 spiro atoms. The van der Waals surface area contributed by atoms with Crippen LogP contribution in [0.4, 0.5) is 24.5 Å². The van der Waals surface area contributed by atoms with E-state index in [1.165, 1.54) is 17.0 Å². The van der Waals surface area contributed by atoms with Gasteiger partial charge in [-0.15, -0.1) is 0 Å². The van der Waals surface area contributed by atoms with Crippen LogP contribution in [0.15, 0.2) is 83.9 Å². The minimum Gasteiger partial charge on any atom is -0.494 e. The Balaban J connectivity index is 1.49. The summed E-state index contributed by atoms with van der Waals surface area (Å²) in [5, 5.41) is 2.40. The van der Waals surface area contributed by atoms with E-state index in [1.54, 1.807) is 24.3 Å². The first kappa shape index (κ1) is 27.3. The third-order valence-electron chi connectivity index (χ3n) is 5.60. The lowest BCUT2D eigenvalue weighted by Crippen LogP contribution is -2.33. The average Bonchev–Trinajstić information content (AvgIpc) is 3.17. The molecule has 0 aliphatic carbocycles. The summed E-state index contributed by atoms with van der Waals surface area (Å²) in [5.41, 5.74) is 0.935. The van der Waals surface area contributed by atoms with E-state index >= 15 is 0 Å². The van der Waals surface area contributed by atoms with Crippen molar-refractivity contribution in [3.63, 3.8) is 0 Å². The molecule has 1 heterocycles. The number of anilines is 1. The zero-order chi connectivity index (χ0) is 27.1. The number of hydrogen-bond acceptors (Lipinski definition) is 5. The highest BCUT2D eigenvalue weighted by molar-refractivity contribution is 8.15. The van der Waals surface area contributed by atoms with Crippen molar-refractivity contribution in [2.24, 2.45) is 4.99 Å². The minimum atomic E-state index is -4.45. The predicted octanol–water partition coefficient (Wildman–Crippen LogP) is 6.65. The highest BCUT2D eigenvalue weighted by atomic mass is 32.2. The van der Waals surface area contributed by atoms with Crippen molar-refractivity contribution in [2.75, 3.05) is 11.9 Å². The molecule has 0 bridgehead atoms. The minimum absolute atomic E-state index is 0.0884. The van der Waals surface area contributed by atoms with E-state index in [-0.39, 0.29) is 30.5 Å². The third kappa shape index (κ3) is 7.16. The Kier molecular flexibility index (Phi) is 8.73. The molecule has 1 saturated heterocycles. The van der Waals surface area contributed by atoms with E-state index in [2.05, 4.69) is 10.3 Å². The number of thioether (sulfide) groups is 1. The van der Waals surface area contributed by atoms with Gasteiger partial charge in [0.25, 0.3) is 0 Å². The third-order valence-corrected chi connectivity index (χ3v) is 6.78. The largest absolute Gasteiger partial charge is 0.494 e. The van der Waals surface area contributed by atoms with Crippen LogP contribution in [0.25, 0.3) is 0 Å². The number of hydrogen-bond donors (Lipinski definition) is 1. The van der Waals surface area contributed by atoms with E-state index in [0.717, 1.165) is 35.9 Å². The zero-order valence-corrected chi connectivity index (χ0v) is 21.4. The Morgan fingerprint density at radius 2 is 1.71 bits per heavy atom. The maximum Gasteiger partial charge on any atom is 0.416 e. The lowest BCUT2D eigenvalue weighted by Gasteiger charge is -2.16. The molecule has 1 atom stereocenters. The molecule has 0 radical (unpaired) electrons. The topological polar surface area (TPSA) is 71.0 Å². The van der Waals surface area contributed by atoms with Gasteiger partial charge in [0.05, 0.1) is 24.4 Å². The van der Waals surface area contributed by atoms with Crippen LogP contribution in [0.5, 0.6) is 5.75 Å². The van der Waals surface area contributed by atoms with Crippen molar-refractivity contribution in [3.8, 4) is 5.75 Å². The fraction of sp³-hybridized carbons (Fsp3) is 0.250. The van der Waals surface area contributed by atoms with Gasteiger partial charge in [-0.2, -0.15) is 13.2 Å². The predicted molar refractivity (Wildman–Crippen MR) is 142 cm³/mol. The molecule has 1 aliphatic heterocycles. The quantitative estimate of drug-likeness (QED) is 0.329. The number of nitrogens with one attached hydrogen (secondary N) is 1. The Morgan fingerprint density at radius 3 is 2.34 bits per heavy atom. The van der Waals surface area contributed by atoms with Crippen molar-refractivity contribution in [2.45, 2.75) is 37.7 Å². The second-order valence-electron chi connectivity index (χ2n) is 8.58. The van der Waals surface area contributed by atoms with Gasteiger partial charge in [-0.05, 0) is 60.5 Å². The molecule has 1 fully saturated rings. The molecule has 0 saturated carbocycles. The molecule has 2 amide bonds. The van der Waals surface area contributed by atoms with E-state index in [9.17, 15) is 22.8 Å². The standard InChI is InChI=1S/C28H26F3N3O3S/c1-2-16-37-23-14-12-21(13-15-23)32-25(35)17-24-26(36)34(18-19-6-4-3-5-7-19)27(38-24)33-22-10-8-20(9-11-22)28(29,30)31/h3-15,24H,2,16-18H2,1H3,(H,32,35)/t24-/m1/s1. The number of carbonyl (C=O) groups is 2. The van der Waals surface area contributed by atoms with Gasteiger partial charge in [-0.1, -0.05) is 49.0 Å². The van der Waals surface area contributed by atoms with Crippen LogP contribution in [0.1, 0.15) is 30.9 Å². The van der Waals surface area contributed by atoms with Crippen molar-refractivity contribution < 1.29 is 27.5 Å². The summed E-state index contributed by atoms with van der Waals surface area (Å²) in [7, 11) is 0. The number of carbonyl (C=O) groups excluding carboxylic acids is 2. The van der Waals surface area contributed by atoms with Crippen LogP contribution in [0, 0.1) is 0 Å². The van der Waals surface area contributed by atoms with Crippen LogP contribution in [0.3, 0.4) is 0 Å². The number of halogens is 3. The lowest BCUT2D eigenvalue weighted by molar-refractivity contribution is -0.137. The number of nitrogens with zero attached hydrogens (tertiary/aromatic N) is 2. The molecule has 1 aliphatic rings. The SMILES string of the molecule is CCCOc1ccc(NC(=O)C[C@H]2SC(=Nc3ccc(C(F)(F)F)cc3)N(Cc3ccccc3)C2=O)cc1. The fourth-order valence-corrected chi connectivity index (χ4v) is 4.86. The summed E-state index contributed by atoms with van der Waals surface area (Å²) in [5.74, 6) is 0.0727. The fourth-order valence-electron chi connectivity index (χ4n) is 3.71. The van der Waals surface area contributed by atoms with Crippen molar-refractivity contribution in [3.05, 3.63) is 90.0 Å². The molecule has 3 aromatic carbocycles. The van der Waals surface area contributed by atoms with Gasteiger partial charge in [0.1, 0.15) is 11.0 Å². The monoisotopic (exact) mass is 541 g/mol. The van der Waals surface area contributed by atoms with Gasteiger partial charge >= 0.3 is 6.18 Å². The molecule has 4 rings (SSSR count). The number of alkyl halides is 3. The maximum atomic E-state index is 13.3. The first-order valence-electron chi connectivity index (χ1n) is 12.0. The van der Waals surface area contributed by atoms with Crippen molar-refractivity contribution in [1.29, 1.82) is 0 Å². The van der Waals surface area contributed by atoms with E-state index in [4.69, 9.17) is 4.74 Å². The molecule has 10 heteroatoms. The van der Waals surface area contributed by atoms with Gasteiger partial charge in [0, 0.05) is 12.1 Å². The Bertz CT molecular complexity index is 1280. The van der Waals surface area contributed by atoms with Gasteiger partial charge in [-0.3, -0.25) is 14.5 Å². The van der Waals surface area contributed by atoms with E-state index < -0.39 is 17.0 Å². The van der Waals surface area contributed by atoms with Crippen LogP contribution < -0.4 is 10.1 Å². The molecule has 1 N–H and O–H groups in total. The molecule has 38 heavy (non-hydrogen) atoms. The molecule has 198 valence electrons. The maximum absolute atomic E-state index is 13.3. The number of ether oxygens (including phenoxy) is 1. The molecule has 0 aromatic heterocycles. The van der Waals surface area contributed by atoms with Crippen molar-refractivity contribution in [1.82, 2.24) is 4.90 Å². The van der Waals surface area contributed by atoms with E-state index in [0.29, 0.717) is 23.2 Å². The summed E-state index contributed by atoms with van der Waals surface area (Å²) < 4.78 is 44.4. The Hall–Kier alpha value is -3.79. The number of aliphatic imine (C=N–C) groups is 1. The van der Waals surface area contributed by atoms with Crippen LogP contribution in [0.2, 0.25) is 0 Å². The van der Waals surface area contributed by atoms with Gasteiger partial charge < -0.3 is 10.1 Å². The number of amides is 2.